The van der Waals surface area contributed by atoms with Crippen molar-refractivity contribution in [3.05, 3.63) is 23.8 Å². The number of aryl methyl sites for hydroxylation is 1. The van der Waals surface area contributed by atoms with Crippen LogP contribution >= 0.6 is 0 Å². The third-order valence-corrected chi connectivity index (χ3v) is 3.32. The van der Waals surface area contributed by atoms with E-state index in [4.69, 9.17) is 9.47 Å². The molecule has 3 nitrogen and oxygen atoms in total. The van der Waals surface area contributed by atoms with E-state index in [0.717, 1.165) is 11.4 Å². The zero-order valence-electron chi connectivity index (χ0n) is 13.4. The van der Waals surface area contributed by atoms with Crippen molar-refractivity contribution in [2.45, 2.75) is 52.5 Å². The minimum Gasteiger partial charge on any atom is -0.489 e. The Balaban J connectivity index is 2.75. The van der Waals surface area contributed by atoms with Crippen LogP contribution in [0.2, 0.25) is 0 Å². The first-order chi connectivity index (χ1) is 9.71. The topological polar surface area (TPSA) is 30.5 Å². The number of nitrogens with one attached hydrogen (secondary N) is 1. The molecule has 1 aromatic rings. The molecule has 0 atom stereocenters. The first-order valence-corrected chi connectivity index (χ1v) is 7.70. The number of anilines is 1. The van der Waals surface area contributed by atoms with Crippen LogP contribution in [0.15, 0.2) is 18.2 Å². The Labute approximate surface area is 123 Å². The van der Waals surface area contributed by atoms with E-state index < -0.39 is 0 Å². The molecule has 0 fully saturated rings. The first-order valence-electron chi connectivity index (χ1n) is 7.70. The van der Waals surface area contributed by atoms with Gasteiger partial charge in [-0.3, -0.25) is 0 Å². The largest absolute Gasteiger partial charge is 0.489 e. The maximum atomic E-state index is 5.83. The lowest BCUT2D eigenvalue weighted by molar-refractivity contribution is 0.146. The Morgan fingerprint density at radius 1 is 1.10 bits per heavy atom. The molecule has 0 amide bonds. The summed E-state index contributed by atoms with van der Waals surface area (Å²) in [6.07, 6.45) is 4.78. The third-order valence-electron chi connectivity index (χ3n) is 3.32. The highest BCUT2D eigenvalue weighted by molar-refractivity contribution is 5.58. The number of hydrogen-bond acceptors (Lipinski definition) is 3. The minimum absolute atomic E-state index is 0.525. The number of benzene rings is 1. The molecule has 0 radical (unpaired) electrons. The molecule has 20 heavy (non-hydrogen) atoms. The Kier molecular flexibility index (Phi) is 8.12. The van der Waals surface area contributed by atoms with Gasteiger partial charge in [-0.25, -0.2) is 0 Å². The Hall–Kier alpha value is -1.22. The van der Waals surface area contributed by atoms with Crippen molar-refractivity contribution < 1.29 is 9.47 Å². The van der Waals surface area contributed by atoms with Gasteiger partial charge in [-0.15, -0.1) is 0 Å². The molecule has 0 saturated heterocycles. The second-order valence-electron chi connectivity index (χ2n) is 5.26. The SMILES string of the molecule is CCCC(CCC)Nc1ccc(C)cc1OCCOC. The summed E-state index contributed by atoms with van der Waals surface area (Å²) >= 11 is 0. The van der Waals surface area contributed by atoms with Gasteiger partial charge in [-0.2, -0.15) is 0 Å². The lowest BCUT2D eigenvalue weighted by atomic mass is 10.1. The van der Waals surface area contributed by atoms with Crippen LogP contribution in [-0.2, 0) is 4.74 Å². The molecule has 1 rings (SSSR count). The van der Waals surface area contributed by atoms with E-state index in [0.29, 0.717) is 19.3 Å². The second kappa shape index (κ2) is 9.65. The van der Waals surface area contributed by atoms with Gasteiger partial charge in [0.05, 0.1) is 12.3 Å². The van der Waals surface area contributed by atoms with Gasteiger partial charge in [0.25, 0.3) is 0 Å². The molecular formula is C17H29NO2. The van der Waals surface area contributed by atoms with Gasteiger partial charge in [0.1, 0.15) is 12.4 Å². The average Bonchev–Trinajstić information content (AvgIpc) is 2.42. The molecule has 0 saturated carbocycles. The molecule has 0 aliphatic carbocycles. The predicted octanol–water partition coefficient (Wildman–Crippen LogP) is 4.40. The highest BCUT2D eigenvalue weighted by atomic mass is 16.5. The zero-order chi connectivity index (χ0) is 14.8. The standard InChI is InChI=1S/C17H29NO2/c1-5-7-15(8-6-2)18-16-10-9-14(3)13-17(16)20-12-11-19-4/h9-10,13,15,18H,5-8,11-12H2,1-4H3. The summed E-state index contributed by atoms with van der Waals surface area (Å²) in [6.45, 7) is 7.75. The summed E-state index contributed by atoms with van der Waals surface area (Å²) in [7, 11) is 1.69. The van der Waals surface area contributed by atoms with Crippen LogP contribution in [0.4, 0.5) is 5.69 Å². The van der Waals surface area contributed by atoms with Gasteiger partial charge >= 0.3 is 0 Å². The van der Waals surface area contributed by atoms with Crippen molar-refractivity contribution in [1.82, 2.24) is 0 Å². The number of hydrogen-bond donors (Lipinski definition) is 1. The average molecular weight is 279 g/mol. The highest BCUT2D eigenvalue weighted by Crippen LogP contribution is 2.27. The predicted molar refractivity (Wildman–Crippen MR) is 85.8 cm³/mol. The van der Waals surface area contributed by atoms with Crippen LogP contribution in [0.3, 0.4) is 0 Å². The highest BCUT2D eigenvalue weighted by Gasteiger charge is 2.10. The molecule has 0 heterocycles. The van der Waals surface area contributed by atoms with E-state index in [1.807, 2.05) is 0 Å². The van der Waals surface area contributed by atoms with E-state index >= 15 is 0 Å². The van der Waals surface area contributed by atoms with Gasteiger partial charge in [0, 0.05) is 13.2 Å². The monoisotopic (exact) mass is 279 g/mol. The van der Waals surface area contributed by atoms with Crippen LogP contribution in [0.25, 0.3) is 0 Å². The maximum Gasteiger partial charge on any atom is 0.142 e. The van der Waals surface area contributed by atoms with E-state index in [1.54, 1.807) is 7.11 Å². The van der Waals surface area contributed by atoms with Crippen LogP contribution in [0.5, 0.6) is 5.75 Å². The summed E-state index contributed by atoms with van der Waals surface area (Å²) in [5.41, 5.74) is 2.31. The molecule has 114 valence electrons. The molecule has 0 aliphatic heterocycles. The van der Waals surface area contributed by atoms with Crippen molar-refractivity contribution in [1.29, 1.82) is 0 Å². The fourth-order valence-corrected chi connectivity index (χ4v) is 2.31. The number of rotatable bonds is 10. The first kappa shape index (κ1) is 16.8. The van der Waals surface area contributed by atoms with E-state index in [-0.39, 0.29) is 0 Å². The van der Waals surface area contributed by atoms with Crippen molar-refractivity contribution in [2.75, 3.05) is 25.6 Å². The fraction of sp³-hybridized carbons (Fsp3) is 0.647. The molecule has 0 aromatic heterocycles. The molecule has 0 aliphatic rings. The van der Waals surface area contributed by atoms with Gasteiger partial charge in [-0.1, -0.05) is 32.8 Å². The fourth-order valence-electron chi connectivity index (χ4n) is 2.31. The summed E-state index contributed by atoms with van der Waals surface area (Å²) < 4.78 is 10.9. The Morgan fingerprint density at radius 3 is 2.40 bits per heavy atom. The lowest BCUT2D eigenvalue weighted by Gasteiger charge is -2.21. The smallest absolute Gasteiger partial charge is 0.142 e. The summed E-state index contributed by atoms with van der Waals surface area (Å²) in [5.74, 6) is 0.930. The molecule has 0 unspecified atom stereocenters. The summed E-state index contributed by atoms with van der Waals surface area (Å²) in [4.78, 5) is 0. The lowest BCUT2D eigenvalue weighted by Crippen LogP contribution is -2.19. The van der Waals surface area contributed by atoms with Crippen molar-refractivity contribution >= 4 is 5.69 Å². The maximum absolute atomic E-state index is 5.83. The molecule has 3 heteroatoms. The number of methoxy groups -OCH3 is 1. The van der Waals surface area contributed by atoms with Crippen molar-refractivity contribution in [2.24, 2.45) is 0 Å². The van der Waals surface area contributed by atoms with E-state index in [1.165, 1.54) is 31.2 Å². The van der Waals surface area contributed by atoms with Crippen molar-refractivity contribution in [3.8, 4) is 5.75 Å². The third kappa shape index (κ3) is 5.83. The normalized spacial score (nSPS) is 10.8. The zero-order valence-corrected chi connectivity index (χ0v) is 13.4. The van der Waals surface area contributed by atoms with E-state index in [9.17, 15) is 0 Å². The van der Waals surface area contributed by atoms with Gasteiger partial charge in [-0.05, 0) is 37.5 Å². The molecule has 1 aromatic carbocycles. The molecule has 1 N–H and O–H groups in total. The molecule has 0 bridgehead atoms. The summed E-state index contributed by atoms with van der Waals surface area (Å²) in [6, 6.07) is 6.86. The Bertz CT molecular complexity index is 373. The van der Waals surface area contributed by atoms with Crippen LogP contribution < -0.4 is 10.1 Å². The van der Waals surface area contributed by atoms with Gasteiger partial charge < -0.3 is 14.8 Å². The molecule has 0 spiro atoms. The van der Waals surface area contributed by atoms with Crippen LogP contribution in [0.1, 0.15) is 45.1 Å². The van der Waals surface area contributed by atoms with Crippen molar-refractivity contribution in [3.63, 3.8) is 0 Å². The van der Waals surface area contributed by atoms with E-state index in [2.05, 4.69) is 44.3 Å². The Morgan fingerprint density at radius 2 is 1.80 bits per heavy atom. The minimum atomic E-state index is 0.525. The van der Waals surface area contributed by atoms with Gasteiger partial charge in [0.15, 0.2) is 0 Å². The van der Waals surface area contributed by atoms with Crippen LogP contribution in [-0.4, -0.2) is 26.4 Å². The number of ether oxygens (including phenoxy) is 2. The second-order valence-corrected chi connectivity index (χ2v) is 5.26. The molecular weight excluding hydrogens is 250 g/mol. The summed E-state index contributed by atoms with van der Waals surface area (Å²) in [5, 5.41) is 3.64. The van der Waals surface area contributed by atoms with Crippen LogP contribution in [0, 0.1) is 6.92 Å². The quantitative estimate of drug-likeness (QED) is 0.644. The van der Waals surface area contributed by atoms with Gasteiger partial charge in [0.2, 0.25) is 0 Å².